The second-order valence-corrected chi connectivity index (χ2v) is 5.70. The summed E-state index contributed by atoms with van der Waals surface area (Å²) in [6.07, 6.45) is 4.88. The average Bonchev–Trinajstić information content (AvgIpc) is 2.88. The van der Waals surface area contributed by atoms with Crippen molar-refractivity contribution in [2.45, 2.75) is 40.2 Å². The van der Waals surface area contributed by atoms with Gasteiger partial charge in [-0.15, -0.1) is 0 Å². The van der Waals surface area contributed by atoms with Crippen LogP contribution in [0.4, 0.5) is 5.82 Å². The number of nitrogens with one attached hydrogen (secondary N) is 2. The Balaban J connectivity index is 1.99. The van der Waals surface area contributed by atoms with Crippen LogP contribution in [0.5, 0.6) is 0 Å². The predicted molar refractivity (Wildman–Crippen MR) is 86.6 cm³/mol. The second kappa shape index (κ2) is 7.72. The molecule has 0 spiro atoms. The van der Waals surface area contributed by atoms with E-state index in [4.69, 9.17) is 0 Å². The highest BCUT2D eigenvalue weighted by Gasteiger charge is 2.10. The maximum atomic E-state index is 11.6. The van der Waals surface area contributed by atoms with E-state index in [1.54, 1.807) is 10.9 Å². The van der Waals surface area contributed by atoms with Crippen LogP contribution in [0.2, 0.25) is 0 Å². The molecule has 2 aromatic rings. The molecule has 2 N–H and O–H groups in total. The third-order valence-electron chi connectivity index (χ3n) is 3.22. The molecule has 2 rings (SSSR count). The largest absolute Gasteiger partial charge is 0.369 e. The predicted octanol–water partition coefficient (Wildman–Crippen LogP) is 1.81. The first-order valence-electron chi connectivity index (χ1n) is 7.79. The highest BCUT2D eigenvalue weighted by atomic mass is 16.1. The standard InChI is InChI=1S/C15H24N6O/c1-4-5-17-14-12-9-20-21(15(12)19-10-18-14)7-6-16-13(22)8-11(2)3/h9-11H,4-8H2,1-3H3,(H,16,22)(H,17,18,19). The minimum Gasteiger partial charge on any atom is -0.369 e. The van der Waals surface area contributed by atoms with Gasteiger partial charge in [-0.05, 0) is 12.3 Å². The van der Waals surface area contributed by atoms with Gasteiger partial charge in [0.05, 0.1) is 18.1 Å². The molecule has 7 nitrogen and oxygen atoms in total. The molecular formula is C15H24N6O. The van der Waals surface area contributed by atoms with E-state index < -0.39 is 0 Å². The summed E-state index contributed by atoms with van der Waals surface area (Å²) < 4.78 is 1.80. The van der Waals surface area contributed by atoms with Gasteiger partial charge >= 0.3 is 0 Å². The van der Waals surface area contributed by atoms with Crippen LogP contribution in [-0.4, -0.2) is 38.7 Å². The molecule has 2 aromatic heterocycles. The fraction of sp³-hybridized carbons (Fsp3) is 0.600. The van der Waals surface area contributed by atoms with Crippen LogP contribution in [0.1, 0.15) is 33.6 Å². The molecule has 22 heavy (non-hydrogen) atoms. The monoisotopic (exact) mass is 304 g/mol. The minimum atomic E-state index is 0.0754. The second-order valence-electron chi connectivity index (χ2n) is 5.70. The van der Waals surface area contributed by atoms with Crippen molar-refractivity contribution in [3.05, 3.63) is 12.5 Å². The van der Waals surface area contributed by atoms with Crippen molar-refractivity contribution in [3.8, 4) is 0 Å². The summed E-state index contributed by atoms with van der Waals surface area (Å²) in [6, 6.07) is 0. The summed E-state index contributed by atoms with van der Waals surface area (Å²) in [5.41, 5.74) is 0.784. The number of aromatic nitrogens is 4. The molecule has 0 fully saturated rings. The van der Waals surface area contributed by atoms with Crippen molar-refractivity contribution < 1.29 is 4.79 Å². The maximum Gasteiger partial charge on any atom is 0.220 e. The quantitative estimate of drug-likeness (QED) is 0.777. The Morgan fingerprint density at radius 3 is 2.86 bits per heavy atom. The zero-order valence-corrected chi connectivity index (χ0v) is 13.5. The van der Waals surface area contributed by atoms with Gasteiger partial charge in [0, 0.05) is 19.5 Å². The van der Waals surface area contributed by atoms with Gasteiger partial charge in [-0.25, -0.2) is 14.6 Å². The van der Waals surface area contributed by atoms with E-state index >= 15 is 0 Å². The van der Waals surface area contributed by atoms with Crippen LogP contribution in [0.3, 0.4) is 0 Å². The molecule has 0 aliphatic rings. The lowest BCUT2D eigenvalue weighted by atomic mass is 10.1. The number of anilines is 1. The smallest absolute Gasteiger partial charge is 0.220 e. The number of rotatable bonds is 8. The van der Waals surface area contributed by atoms with Crippen molar-refractivity contribution in [2.24, 2.45) is 5.92 Å². The Morgan fingerprint density at radius 1 is 1.32 bits per heavy atom. The third-order valence-corrected chi connectivity index (χ3v) is 3.22. The van der Waals surface area contributed by atoms with E-state index in [2.05, 4.69) is 32.6 Å². The molecule has 0 aliphatic carbocycles. The van der Waals surface area contributed by atoms with Crippen molar-refractivity contribution >= 4 is 22.8 Å². The van der Waals surface area contributed by atoms with E-state index in [0.29, 0.717) is 25.4 Å². The molecular weight excluding hydrogens is 280 g/mol. The van der Waals surface area contributed by atoms with Crippen LogP contribution in [0.25, 0.3) is 11.0 Å². The first kappa shape index (κ1) is 16.2. The van der Waals surface area contributed by atoms with Gasteiger partial charge in [-0.3, -0.25) is 4.79 Å². The molecule has 7 heteroatoms. The van der Waals surface area contributed by atoms with Crippen LogP contribution < -0.4 is 10.6 Å². The van der Waals surface area contributed by atoms with Crippen LogP contribution in [-0.2, 0) is 11.3 Å². The molecule has 0 aliphatic heterocycles. The van der Waals surface area contributed by atoms with E-state index in [-0.39, 0.29) is 5.91 Å². The highest BCUT2D eigenvalue weighted by Crippen LogP contribution is 2.18. The number of hydrogen-bond donors (Lipinski definition) is 2. The Bertz CT molecular complexity index is 622. The third kappa shape index (κ3) is 4.16. The first-order chi connectivity index (χ1) is 10.6. The molecule has 0 radical (unpaired) electrons. The molecule has 0 saturated heterocycles. The minimum absolute atomic E-state index is 0.0754. The maximum absolute atomic E-state index is 11.6. The topological polar surface area (TPSA) is 84.7 Å². The van der Waals surface area contributed by atoms with Gasteiger partial charge in [0.25, 0.3) is 0 Å². The summed E-state index contributed by atoms with van der Waals surface area (Å²) in [6.45, 7) is 8.17. The molecule has 0 aromatic carbocycles. The summed E-state index contributed by atoms with van der Waals surface area (Å²) in [5.74, 6) is 1.25. The normalized spacial score (nSPS) is 11.1. The summed E-state index contributed by atoms with van der Waals surface area (Å²) >= 11 is 0. The molecule has 0 atom stereocenters. The molecule has 120 valence electrons. The molecule has 1 amide bonds. The molecule has 2 heterocycles. The Morgan fingerprint density at radius 2 is 2.14 bits per heavy atom. The number of hydrogen-bond acceptors (Lipinski definition) is 5. The Kier molecular flexibility index (Phi) is 5.68. The summed E-state index contributed by atoms with van der Waals surface area (Å²) in [5, 5.41) is 11.4. The fourth-order valence-electron chi connectivity index (χ4n) is 2.19. The van der Waals surface area contributed by atoms with Crippen LogP contribution >= 0.6 is 0 Å². The molecule has 0 unspecified atom stereocenters. The lowest BCUT2D eigenvalue weighted by Crippen LogP contribution is -2.28. The number of fused-ring (bicyclic) bond motifs is 1. The van der Waals surface area contributed by atoms with E-state index in [9.17, 15) is 4.79 Å². The van der Waals surface area contributed by atoms with Crippen LogP contribution in [0.15, 0.2) is 12.5 Å². The highest BCUT2D eigenvalue weighted by molar-refractivity contribution is 5.86. The molecule has 0 saturated carbocycles. The van der Waals surface area contributed by atoms with Crippen LogP contribution in [0, 0.1) is 5.92 Å². The van der Waals surface area contributed by atoms with Crippen molar-refractivity contribution in [1.29, 1.82) is 0 Å². The number of amides is 1. The fourth-order valence-corrected chi connectivity index (χ4v) is 2.19. The SMILES string of the molecule is CCCNc1ncnc2c1cnn2CCNC(=O)CC(C)C. The number of nitrogens with zero attached hydrogens (tertiary/aromatic N) is 4. The van der Waals surface area contributed by atoms with Gasteiger partial charge in [0.15, 0.2) is 5.65 Å². The summed E-state index contributed by atoms with van der Waals surface area (Å²) in [7, 11) is 0. The van der Waals surface area contributed by atoms with Gasteiger partial charge in [-0.2, -0.15) is 5.10 Å². The lowest BCUT2D eigenvalue weighted by Gasteiger charge is -2.08. The van der Waals surface area contributed by atoms with Crippen molar-refractivity contribution in [1.82, 2.24) is 25.1 Å². The number of carbonyl (C=O) groups is 1. The van der Waals surface area contributed by atoms with Crippen molar-refractivity contribution in [3.63, 3.8) is 0 Å². The van der Waals surface area contributed by atoms with Gasteiger partial charge in [-0.1, -0.05) is 20.8 Å². The van der Waals surface area contributed by atoms with Gasteiger partial charge in [0.1, 0.15) is 12.1 Å². The van der Waals surface area contributed by atoms with Gasteiger partial charge in [0.2, 0.25) is 5.91 Å². The Labute approximate surface area is 130 Å². The number of carbonyl (C=O) groups excluding carboxylic acids is 1. The van der Waals surface area contributed by atoms with E-state index in [0.717, 1.165) is 29.8 Å². The average molecular weight is 304 g/mol. The summed E-state index contributed by atoms with van der Waals surface area (Å²) in [4.78, 5) is 20.2. The Hall–Kier alpha value is -2.18. The van der Waals surface area contributed by atoms with Gasteiger partial charge < -0.3 is 10.6 Å². The zero-order valence-electron chi connectivity index (χ0n) is 13.5. The molecule has 0 bridgehead atoms. The lowest BCUT2D eigenvalue weighted by molar-refractivity contribution is -0.121. The van der Waals surface area contributed by atoms with Crippen molar-refractivity contribution in [2.75, 3.05) is 18.4 Å². The first-order valence-corrected chi connectivity index (χ1v) is 7.79. The zero-order chi connectivity index (χ0) is 15.9. The van der Waals surface area contributed by atoms with E-state index in [1.807, 2.05) is 13.8 Å². The van der Waals surface area contributed by atoms with E-state index in [1.165, 1.54) is 6.33 Å².